The molecule has 0 N–H and O–H groups in total. The number of piperidine rings is 1. The summed E-state index contributed by atoms with van der Waals surface area (Å²) >= 11 is 0. The van der Waals surface area contributed by atoms with Gasteiger partial charge in [-0.15, -0.1) is 10.2 Å². The van der Waals surface area contributed by atoms with Crippen molar-refractivity contribution in [3.8, 4) is 5.69 Å². The molecule has 230 valence electrons. The summed E-state index contributed by atoms with van der Waals surface area (Å²) in [4.78, 5) is 15.2. The molecule has 3 aromatic heterocycles. The van der Waals surface area contributed by atoms with Crippen LogP contribution in [-0.4, -0.2) is 47.9 Å². The third kappa shape index (κ3) is 5.47. The molecule has 1 saturated heterocycles. The van der Waals surface area contributed by atoms with Crippen molar-refractivity contribution < 1.29 is 26.3 Å². The normalized spacial score (nSPS) is 20.3. The second kappa shape index (κ2) is 10.8. The van der Waals surface area contributed by atoms with Crippen LogP contribution in [0, 0.1) is 11.8 Å². The molecule has 6 rings (SSSR count). The Kier molecular flexibility index (Phi) is 7.42. The molecule has 43 heavy (non-hydrogen) atoms. The highest BCUT2D eigenvalue weighted by Gasteiger charge is 2.43. The molecule has 1 saturated carbocycles. The fourth-order valence-electron chi connectivity index (χ4n) is 6.53. The number of alkyl halides is 6. The number of aryl methyl sites for hydroxylation is 1. The quantitative estimate of drug-likeness (QED) is 0.235. The standard InChI is InChI=1S/C30H32F6N6O/c1-18(40-11-5-9-22(15-40)29(31,32)33)21-13-24(30(34,35)36)25-16-41(28(43)42(25)14-21)23-10-4-8-20(12-23)26(19-6-3-7-19)27-38-37-17-39(27)2/h4,8,10,12-14,16-19,22,26H,3,5-7,9,11,15H2,1-2H3/t18-,22+,26-/m1/s1. The highest BCUT2D eigenvalue weighted by atomic mass is 19.4. The van der Waals surface area contributed by atoms with E-state index in [1.54, 1.807) is 36.4 Å². The first kappa shape index (κ1) is 29.5. The molecule has 0 bridgehead atoms. The number of hydrogen-bond donors (Lipinski definition) is 0. The number of rotatable bonds is 6. The third-order valence-corrected chi connectivity index (χ3v) is 9.19. The van der Waals surface area contributed by atoms with Crippen molar-refractivity contribution in [2.24, 2.45) is 18.9 Å². The molecule has 13 heteroatoms. The Morgan fingerprint density at radius 3 is 2.37 bits per heavy atom. The van der Waals surface area contributed by atoms with Gasteiger partial charge in [0.2, 0.25) is 0 Å². The SMILES string of the molecule is C[C@H](c1cc(C(F)(F)F)c2cn(-c3cccc([C@H](c4nncn4C)C4CCC4)c3)c(=O)n2c1)N1CCC[C@H](C(F)(F)F)C1. The molecule has 1 aliphatic carbocycles. The lowest BCUT2D eigenvalue weighted by molar-refractivity contribution is -0.188. The van der Waals surface area contributed by atoms with Crippen molar-refractivity contribution in [1.29, 1.82) is 0 Å². The molecule has 0 spiro atoms. The van der Waals surface area contributed by atoms with Gasteiger partial charge < -0.3 is 4.57 Å². The van der Waals surface area contributed by atoms with Gasteiger partial charge in [0.25, 0.3) is 0 Å². The number of pyridine rings is 1. The van der Waals surface area contributed by atoms with Crippen molar-refractivity contribution in [3.63, 3.8) is 0 Å². The summed E-state index contributed by atoms with van der Waals surface area (Å²) in [5, 5.41) is 8.35. The summed E-state index contributed by atoms with van der Waals surface area (Å²) in [6.07, 6.45) is -1.66. The molecule has 4 heterocycles. The first-order valence-corrected chi connectivity index (χ1v) is 14.4. The molecule has 2 aliphatic rings. The van der Waals surface area contributed by atoms with E-state index in [1.807, 2.05) is 17.7 Å². The van der Waals surface area contributed by atoms with E-state index in [0.29, 0.717) is 18.2 Å². The monoisotopic (exact) mass is 606 g/mol. The Morgan fingerprint density at radius 2 is 1.74 bits per heavy atom. The molecule has 1 aliphatic heterocycles. The number of likely N-dealkylation sites (tertiary alicyclic amines) is 1. The maximum Gasteiger partial charge on any atom is 0.418 e. The summed E-state index contributed by atoms with van der Waals surface area (Å²) in [5.74, 6) is -0.525. The van der Waals surface area contributed by atoms with Gasteiger partial charge in [0, 0.05) is 37.9 Å². The molecule has 7 nitrogen and oxygen atoms in total. The van der Waals surface area contributed by atoms with Crippen LogP contribution in [0.4, 0.5) is 26.3 Å². The van der Waals surface area contributed by atoms with Crippen LogP contribution in [0.5, 0.6) is 0 Å². The molecular formula is C30H32F6N6O. The highest BCUT2D eigenvalue weighted by molar-refractivity contribution is 5.58. The largest absolute Gasteiger partial charge is 0.418 e. The molecule has 0 unspecified atom stereocenters. The van der Waals surface area contributed by atoms with Gasteiger partial charge in [-0.3, -0.25) is 13.9 Å². The van der Waals surface area contributed by atoms with Crippen molar-refractivity contribution in [3.05, 3.63) is 82.1 Å². The predicted molar refractivity (Wildman–Crippen MR) is 147 cm³/mol. The summed E-state index contributed by atoms with van der Waals surface area (Å²) in [7, 11) is 1.86. The zero-order chi connectivity index (χ0) is 30.7. The number of nitrogens with zero attached hydrogens (tertiary/aromatic N) is 6. The summed E-state index contributed by atoms with van der Waals surface area (Å²) in [6.45, 7) is 1.60. The molecular weight excluding hydrogens is 574 g/mol. The summed E-state index contributed by atoms with van der Waals surface area (Å²) in [5.41, 5.74) is -0.616. The Bertz CT molecular complexity index is 1680. The maximum atomic E-state index is 14.4. The van der Waals surface area contributed by atoms with Crippen molar-refractivity contribution in [2.45, 2.75) is 63.3 Å². The fraction of sp³-hybridized carbons (Fsp3) is 0.500. The van der Waals surface area contributed by atoms with Crippen LogP contribution >= 0.6 is 0 Å². The van der Waals surface area contributed by atoms with Gasteiger partial charge in [-0.25, -0.2) is 4.79 Å². The zero-order valence-electron chi connectivity index (χ0n) is 23.7. The van der Waals surface area contributed by atoms with Crippen LogP contribution in [0.1, 0.15) is 73.5 Å². The van der Waals surface area contributed by atoms with E-state index in [2.05, 4.69) is 10.2 Å². The Morgan fingerprint density at radius 1 is 0.977 bits per heavy atom. The first-order valence-electron chi connectivity index (χ1n) is 14.4. The van der Waals surface area contributed by atoms with E-state index in [9.17, 15) is 31.1 Å². The number of aromatic nitrogens is 5. The molecule has 3 atom stereocenters. The lowest BCUT2D eigenvalue weighted by atomic mass is 9.72. The second-order valence-corrected chi connectivity index (χ2v) is 11.8. The zero-order valence-corrected chi connectivity index (χ0v) is 23.7. The van der Waals surface area contributed by atoms with Crippen LogP contribution in [0.3, 0.4) is 0 Å². The predicted octanol–water partition coefficient (Wildman–Crippen LogP) is 6.50. The lowest BCUT2D eigenvalue weighted by Gasteiger charge is -2.37. The van der Waals surface area contributed by atoms with E-state index in [1.165, 1.54) is 17.0 Å². The molecule has 2 fully saturated rings. The summed E-state index contributed by atoms with van der Waals surface area (Å²) < 4.78 is 87.4. The van der Waals surface area contributed by atoms with Gasteiger partial charge in [-0.05, 0) is 74.4 Å². The van der Waals surface area contributed by atoms with E-state index in [-0.39, 0.29) is 36.4 Å². The van der Waals surface area contributed by atoms with Crippen molar-refractivity contribution in [1.82, 2.24) is 28.6 Å². The van der Waals surface area contributed by atoms with Gasteiger partial charge in [0.1, 0.15) is 12.2 Å². The average Bonchev–Trinajstić information content (AvgIpc) is 3.51. The van der Waals surface area contributed by atoms with Crippen LogP contribution in [-0.2, 0) is 13.2 Å². The Hall–Kier alpha value is -3.61. The highest BCUT2D eigenvalue weighted by Crippen LogP contribution is 2.43. The Balaban J connectivity index is 1.42. The number of halogens is 6. The second-order valence-electron chi connectivity index (χ2n) is 11.8. The van der Waals surface area contributed by atoms with Gasteiger partial charge >= 0.3 is 18.0 Å². The van der Waals surface area contributed by atoms with Gasteiger partial charge in [0.15, 0.2) is 0 Å². The lowest BCUT2D eigenvalue weighted by Crippen LogP contribution is -2.42. The van der Waals surface area contributed by atoms with Crippen LogP contribution in [0.15, 0.2) is 53.8 Å². The van der Waals surface area contributed by atoms with E-state index >= 15 is 0 Å². The molecule has 4 aromatic rings. The average molecular weight is 607 g/mol. The fourth-order valence-corrected chi connectivity index (χ4v) is 6.53. The Labute approximate surface area is 243 Å². The van der Waals surface area contributed by atoms with Gasteiger partial charge in [-0.1, -0.05) is 18.6 Å². The van der Waals surface area contributed by atoms with E-state index < -0.39 is 35.6 Å². The molecule has 1 aromatic carbocycles. The minimum atomic E-state index is -4.79. The minimum Gasteiger partial charge on any atom is -0.320 e. The van der Waals surface area contributed by atoms with Gasteiger partial charge in [-0.2, -0.15) is 26.3 Å². The first-order chi connectivity index (χ1) is 20.3. The van der Waals surface area contributed by atoms with E-state index in [4.69, 9.17) is 0 Å². The smallest absolute Gasteiger partial charge is 0.320 e. The van der Waals surface area contributed by atoms with Gasteiger partial charge in [0.05, 0.1) is 22.7 Å². The van der Waals surface area contributed by atoms with Crippen LogP contribution in [0.25, 0.3) is 11.2 Å². The number of hydrogen-bond acceptors (Lipinski definition) is 4. The summed E-state index contributed by atoms with van der Waals surface area (Å²) in [6, 6.07) is 7.37. The maximum absolute atomic E-state index is 14.4. The van der Waals surface area contributed by atoms with E-state index in [0.717, 1.165) is 41.1 Å². The minimum absolute atomic E-state index is 0.0147. The topological polar surface area (TPSA) is 60.4 Å². The number of fused-ring (bicyclic) bond motifs is 1. The number of imidazole rings is 1. The number of benzene rings is 1. The van der Waals surface area contributed by atoms with Crippen LogP contribution in [0.2, 0.25) is 0 Å². The molecule has 0 amide bonds. The van der Waals surface area contributed by atoms with Crippen molar-refractivity contribution in [2.75, 3.05) is 13.1 Å². The molecule has 0 radical (unpaired) electrons. The third-order valence-electron chi connectivity index (χ3n) is 9.19. The van der Waals surface area contributed by atoms with Crippen LogP contribution < -0.4 is 5.69 Å². The van der Waals surface area contributed by atoms with Crippen molar-refractivity contribution >= 4 is 5.52 Å².